The molecular formula is C11H9F13. The van der Waals surface area contributed by atoms with Crippen LogP contribution in [0.3, 0.4) is 0 Å². The third kappa shape index (κ3) is 2.61. The highest BCUT2D eigenvalue weighted by molar-refractivity contribution is 5.11. The minimum absolute atomic E-state index is 0.142. The summed E-state index contributed by atoms with van der Waals surface area (Å²) in [7, 11) is 0. The summed E-state index contributed by atoms with van der Waals surface area (Å²) < 4.78 is 167. The summed E-state index contributed by atoms with van der Waals surface area (Å²) in [6, 6.07) is 0. The summed E-state index contributed by atoms with van der Waals surface area (Å²) in [5.74, 6) is -38.7. The van der Waals surface area contributed by atoms with Gasteiger partial charge in [-0.2, -0.15) is 57.1 Å². The number of alkyl halides is 13. The SMILES string of the molecule is FC(F)(F)C(F)(F)C(F)(F)C(F)(F)C(F)(F)C(F)(F)C1CCCC1. The number of hydrogen-bond acceptors (Lipinski definition) is 0. The van der Waals surface area contributed by atoms with E-state index in [1.807, 2.05) is 0 Å². The second-order valence-electron chi connectivity index (χ2n) is 5.40. The molecule has 144 valence electrons. The van der Waals surface area contributed by atoms with Crippen molar-refractivity contribution in [2.24, 2.45) is 5.92 Å². The lowest BCUT2D eigenvalue weighted by Gasteiger charge is -2.41. The highest BCUT2D eigenvalue weighted by Crippen LogP contribution is 2.62. The lowest BCUT2D eigenvalue weighted by Crippen LogP contribution is -2.70. The average molecular weight is 388 g/mol. The van der Waals surface area contributed by atoms with Crippen LogP contribution in [0.4, 0.5) is 57.1 Å². The summed E-state index contributed by atoms with van der Waals surface area (Å²) >= 11 is 0. The number of rotatable bonds is 5. The molecule has 0 aliphatic heterocycles. The van der Waals surface area contributed by atoms with Crippen molar-refractivity contribution in [3.8, 4) is 0 Å². The fraction of sp³-hybridized carbons (Fsp3) is 1.00. The minimum Gasteiger partial charge on any atom is -0.199 e. The molecule has 0 nitrogen and oxygen atoms in total. The van der Waals surface area contributed by atoms with Gasteiger partial charge in [0, 0.05) is 5.92 Å². The molecule has 0 amide bonds. The van der Waals surface area contributed by atoms with E-state index in [1.165, 1.54) is 0 Å². The van der Waals surface area contributed by atoms with E-state index in [-0.39, 0.29) is 12.8 Å². The molecule has 0 radical (unpaired) electrons. The Bertz CT molecular complexity index is 455. The first-order valence-electron chi connectivity index (χ1n) is 6.31. The molecule has 1 rings (SSSR count). The van der Waals surface area contributed by atoms with Crippen molar-refractivity contribution in [1.82, 2.24) is 0 Å². The Morgan fingerprint density at radius 1 is 0.458 bits per heavy atom. The zero-order chi connectivity index (χ0) is 19.4. The van der Waals surface area contributed by atoms with Gasteiger partial charge in [-0.25, -0.2) is 0 Å². The molecule has 13 heteroatoms. The number of halogens is 13. The molecule has 1 saturated carbocycles. The Kier molecular flexibility index (Phi) is 4.88. The van der Waals surface area contributed by atoms with Gasteiger partial charge in [-0.1, -0.05) is 12.8 Å². The Hall–Kier alpha value is -0.910. The van der Waals surface area contributed by atoms with Gasteiger partial charge in [0.1, 0.15) is 0 Å². The van der Waals surface area contributed by atoms with E-state index in [1.54, 1.807) is 0 Å². The average Bonchev–Trinajstić information content (AvgIpc) is 2.90. The fourth-order valence-electron chi connectivity index (χ4n) is 2.33. The molecule has 1 fully saturated rings. The Balaban J connectivity index is 3.39. The Morgan fingerprint density at radius 2 is 0.792 bits per heavy atom. The van der Waals surface area contributed by atoms with Gasteiger partial charge in [0.25, 0.3) is 0 Å². The molecular weight excluding hydrogens is 379 g/mol. The van der Waals surface area contributed by atoms with Gasteiger partial charge >= 0.3 is 35.8 Å². The molecule has 0 atom stereocenters. The predicted octanol–water partition coefficient (Wildman–Crippen LogP) is 5.92. The molecule has 24 heavy (non-hydrogen) atoms. The van der Waals surface area contributed by atoms with E-state index < -0.39 is 54.5 Å². The quantitative estimate of drug-likeness (QED) is 0.514. The zero-order valence-electron chi connectivity index (χ0n) is 11.3. The smallest absolute Gasteiger partial charge is 0.199 e. The third-order valence-corrected chi connectivity index (χ3v) is 3.83. The normalized spacial score (nSPS) is 19.9. The number of hydrogen-bond donors (Lipinski definition) is 0. The maximum Gasteiger partial charge on any atom is 0.460 e. The molecule has 0 unspecified atom stereocenters. The Morgan fingerprint density at radius 3 is 1.12 bits per heavy atom. The predicted molar refractivity (Wildman–Crippen MR) is 52.7 cm³/mol. The van der Waals surface area contributed by atoms with Crippen LogP contribution in [0.1, 0.15) is 25.7 Å². The summed E-state index contributed by atoms with van der Waals surface area (Å²) in [4.78, 5) is 0. The van der Waals surface area contributed by atoms with Crippen LogP contribution in [0.5, 0.6) is 0 Å². The van der Waals surface area contributed by atoms with Gasteiger partial charge in [0.2, 0.25) is 0 Å². The van der Waals surface area contributed by atoms with E-state index in [4.69, 9.17) is 0 Å². The van der Waals surface area contributed by atoms with Gasteiger partial charge in [-0.3, -0.25) is 0 Å². The van der Waals surface area contributed by atoms with E-state index >= 15 is 0 Å². The van der Waals surface area contributed by atoms with Crippen LogP contribution in [0.2, 0.25) is 0 Å². The summed E-state index contributed by atoms with van der Waals surface area (Å²) in [6.07, 6.45) is -9.23. The molecule has 1 aliphatic carbocycles. The Labute approximate surface area is 126 Å². The van der Waals surface area contributed by atoms with Gasteiger partial charge in [-0.05, 0) is 12.8 Å². The summed E-state index contributed by atoms with van der Waals surface area (Å²) in [5.41, 5.74) is 0. The van der Waals surface area contributed by atoms with Crippen LogP contribution in [-0.4, -0.2) is 35.8 Å². The first kappa shape index (κ1) is 21.1. The molecule has 0 aromatic carbocycles. The first-order chi connectivity index (χ1) is 10.4. The van der Waals surface area contributed by atoms with Crippen molar-refractivity contribution in [3.63, 3.8) is 0 Å². The van der Waals surface area contributed by atoms with Gasteiger partial charge in [-0.15, -0.1) is 0 Å². The maximum atomic E-state index is 13.5. The highest BCUT2D eigenvalue weighted by Gasteiger charge is 2.91. The van der Waals surface area contributed by atoms with Crippen LogP contribution in [0, 0.1) is 5.92 Å². The van der Waals surface area contributed by atoms with Crippen molar-refractivity contribution >= 4 is 0 Å². The van der Waals surface area contributed by atoms with E-state index in [9.17, 15) is 57.1 Å². The summed E-state index contributed by atoms with van der Waals surface area (Å²) in [5, 5.41) is 0. The van der Waals surface area contributed by atoms with Crippen molar-refractivity contribution in [3.05, 3.63) is 0 Å². The van der Waals surface area contributed by atoms with E-state index in [0.717, 1.165) is 0 Å². The monoisotopic (exact) mass is 388 g/mol. The fourth-order valence-corrected chi connectivity index (χ4v) is 2.33. The van der Waals surface area contributed by atoms with Gasteiger partial charge in [0.05, 0.1) is 0 Å². The highest BCUT2D eigenvalue weighted by atomic mass is 19.4. The summed E-state index contributed by atoms with van der Waals surface area (Å²) in [6.45, 7) is 0. The van der Waals surface area contributed by atoms with Crippen molar-refractivity contribution in [2.75, 3.05) is 0 Å². The van der Waals surface area contributed by atoms with E-state index in [2.05, 4.69) is 0 Å². The standard InChI is InChI=1S/C11H9F13/c12-6(13,5-3-1-2-4-5)7(14,15)8(16,17)9(18,19)10(20,21)11(22,23)24/h5H,1-4H2. The minimum atomic E-state index is -7.80. The van der Waals surface area contributed by atoms with Crippen molar-refractivity contribution < 1.29 is 57.1 Å². The van der Waals surface area contributed by atoms with Crippen molar-refractivity contribution in [1.29, 1.82) is 0 Å². The van der Waals surface area contributed by atoms with Crippen LogP contribution in [0.25, 0.3) is 0 Å². The zero-order valence-corrected chi connectivity index (χ0v) is 11.3. The van der Waals surface area contributed by atoms with Crippen LogP contribution < -0.4 is 0 Å². The third-order valence-electron chi connectivity index (χ3n) is 3.83. The van der Waals surface area contributed by atoms with Gasteiger partial charge in [0.15, 0.2) is 0 Å². The molecule has 0 bridgehead atoms. The molecule has 1 aliphatic rings. The second kappa shape index (κ2) is 5.55. The van der Waals surface area contributed by atoms with Gasteiger partial charge < -0.3 is 0 Å². The van der Waals surface area contributed by atoms with Crippen LogP contribution >= 0.6 is 0 Å². The molecule has 0 heterocycles. The molecule has 0 spiro atoms. The topological polar surface area (TPSA) is 0 Å². The molecule has 0 aromatic rings. The first-order valence-corrected chi connectivity index (χ1v) is 6.31. The molecule has 0 saturated heterocycles. The molecule has 0 aromatic heterocycles. The van der Waals surface area contributed by atoms with E-state index in [0.29, 0.717) is 0 Å². The van der Waals surface area contributed by atoms with Crippen LogP contribution in [-0.2, 0) is 0 Å². The maximum absolute atomic E-state index is 13.5. The molecule has 0 N–H and O–H groups in total. The lowest BCUT2D eigenvalue weighted by atomic mass is 9.86. The lowest BCUT2D eigenvalue weighted by molar-refractivity contribution is -0.443. The van der Waals surface area contributed by atoms with Crippen LogP contribution in [0.15, 0.2) is 0 Å². The van der Waals surface area contributed by atoms with Crippen molar-refractivity contribution in [2.45, 2.75) is 61.5 Å². The largest absolute Gasteiger partial charge is 0.460 e. The second-order valence-corrected chi connectivity index (χ2v) is 5.40.